The van der Waals surface area contributed by atoms with Gasteiger partial charge in [0.15, 0.2) is 41.7 Å². The molecule has 144 heavy (non-hydrogen) atoms. The van der Waals surface area contributed by atoms with Gasteiger partial charge in [-0.3, -0.25) is 105 Å². The number of aromatic nitrogens is 2. The summed E-state index contributed by atoms with van der Waals surface area (Å²) in [6.45, 7) is 15.3. The molecule has 46 N–H and O–H groups in total. The van der Waals surface area contributed by atoms with Gasteiger partial charge in [-0.05, 0) is 151 Å². The van der Waals surface area contributed by atoms with Gasteiger partial charge in [0.25, 0.3) is 0 Å². The monoisotopic (exact) mass is 2030 g/mol. The minimum Gasteiger partial charge on any atom is -0.508 e. The fraction of sp³-hybridized carbons (Fsp3) is 0.652. The van der Waals surface area contributed by atoms with E-state index in [1.54, 1.807) is 55.4 Å². The molecule has 1 aliphatic heterocycles. The number of hydrogen-bond acceptors (Lipinski definition) is 25. The second kappa shape index (κ2) is 65.3. The standard InChI is InChI=1S/C89H158N38O17/c1-10-46(5)64(123-68(129)50(9)114-70(131)55(23-15-35-107-84(93)94)117-75(136)61(42-51-30-32-53(128)33-31-51)122-80(141)66(48(7)12-3)125-73(134)58(26-18-38-110-87(99)100)115-69(130)54(90)22-14-34-106-83(91)92)78(139)119-57(25-17-37-109-86(97)98)72(133)121-62(43-52-44-105-45-113-52)76(137)126-67(49(8)13-4)81(142)127-41-21-29-63(127)77(138)118-56(24-16-36-108-85(95)96)71(132)116-59(27-19-39-111-88(101)102)74(135)124-65(47(6)11-2)79(140)120-60(82(143)144)28-20-40-112-89(103)104/h30-33,44-50,54-67,128H,10-29,34-43,90H2,1-9H3,(H,105,113)(H,114,131)(H,115,130)(H,116,132)(H,117,136)(H,118,138)(H,119,139)(H,120,140)(H,121,133)(H,122,141)(H,123,129)(H,124,135)(H,125,134)(H,126,137)(H,143,144)(H4,91,92,106)(H4,93,94,107)(H4,95,96,108)(H4,97,98,109)(H4,99,100,110)(H4,101,102,111)(H4,103,104,112)/t46-,47-,48-,49-,50-,54-,55-,56-,57-,58-,59-,60-,61-,62-,63-,64-,65-,66-,67-/m0/s1. The molecule has 0 aliphatic carbocycles. The minimum absolute atomic E-state index is 0.00201. The maximum absolute atomic E-state index is 15.3. The SMILES string of the molecule is CC[C@H](C)[C@H](NC(=O)[C@H](C)NC(=O)[C@H](CCCNC(=N)N)NC(=O)[C@H](Cc1ccc(O)cc1)NC(=O)[C@@H](NC(=O)[C@H](CCCNC(=N)N)NC(=O)[C@@H](N)CCCNC(=N)N)[C@@H](C)CC)C(=O)N[C@@H](CCCNC(=N)N)C(=O)N[C@@H](Cc1c[nH]cn1)C(=O)N[C@H](C(=O)N1CCC[C@H]1C(=O)N[C@@H](CCCNC(=N)N)C(=O)N[C@@H](CCCNC(=N)N)C(=O)N[C@H](C(=O)N[C@@H](CCCNC(=N)N)C(=O)O)[C@@H](C)CC)[C@@H](C)CC. The summed E-state index contributed by atoms with van der Waals surface area (Å²) in [4.78, 5) is 227. The fourth-order valence-corrected chi connectivity index (χ4v) is 15.2. The molecule has 0 spiro atoms. The number of phenolic OH excluding ortho intramolecular Hbond substituents is 1. The lowest BCUT2D eigenvalue weighted by molar-refractivity contribution is -0.143. The number of guanidine groups is 7. The van der Waals surface area contributed by atoms with Gasteiger partial charge >= 0.3 is 5.97 Å². The lowest BCUT2D eigenvalue weighted by Gasteiger charge is -2.33. The van der Waals surface area contributed by atoms with Crippen LogP contribution in [0.4, 0.5) is 0 Å². The van der Waals surface area contributed by atoms with Crippen LogP contribution in [0.5, 0.6) is 5.75 Å². The van der Waals surface area contributed by atoms with Crippen molar-refractivity contribution in [1.82, 2.24) is 121 Å². The van der Waals surface area contributed by atoms with Gasteiger partial charge in [0.2, 0.25) is 82.7 Å². The van der Waals surface area contributed by atoms with Crippen molar-refractivity contribution in [3.63, 3.8) is 0 Å². The minimum atomic E-state index is -1.59. The van der Waals surface area contributed by atoms with E-state index in [2.05, 4.69) is 116 Å². The molecule has 19 atom stereocenters. The highest BCUT2D eigenvalue weighted by Gasteiger charge is 2.44. The molecule has 0 saturated carbocycles. The Hall–Kier alpha value is -14.9. The summed E-state index contributed by atoms with van der Waals surface area (Å²) in [5, 5.41) is 127. The Kier molecular flexibility index (Phi) is 55.9. The predicted octanol–water partition coefficient (Wildman–Crippen LogP) is -7.35. The van der Waals surface area contributed by atoms with Crippen molar-refractivity contribution in [2.45, 2.75) is 294 Å². The summed E-state index contributed by atoms with van der Waals surface area (Å²) in [5.74, 6) is -19.1. The van der Waals surface area contributed by atoms with Crippen molar-refractivity contribution in [3.8, 4) is 5.75 Å². The second-order valence-electron chi connectivity index (χ2n) is 35.9. The van der Waals surface area contributed by atoms with Gasteiger partial charge in [0.05, 0.1) is 18.1 Å². The van der Waals surface area contributed by atoms with Crippen molar-refractivity contribution >= 4 is 130 Å². The van der Waals surface area contributed by atoms with E-state index in [-0.39, 0.29) is 210 Å². The zero-order valence-corrected chi connectivity index (χ0v) is 83.7. The number of H-pyrrole nitrogens is 1. The summed E-state index contributed by atoms with van der Waals surface area (Å²) >= 11 is 0. The third kappa shape index (κ3) is 46.2. The second-order valence-corrected chi connectivity index (χ2v) is 35.9. The molecule has 0 bridgehead atoms. The van der Waals surface area contributed by atoms with E-state index in [1.165, 1.54) is 48.6 Å². The number of nitrogens with zero attached hydrogens (tertiary/aromatic N) is 2. The quantitative estimate of drug-likeness (QED) is 0.0166. The first-order valence-electron chi connectivity index (χ1n) is 48.6. The third-order valence-corrected chi connectivity index (χ3v) is 24.4. The van der Waals surface area contributed by atoms with Gasteiger partial charge in [-0.15, -0.1) is 0 Å². The van der Waals surface area contributed by atoms with Crippen molar-refractivity contribution in [2.24, 2.45) is 69.5 Å². The van der Waals surface area contributed by atoms with Crippen molar-refractivity contribution in [2.75, 3.05) is 52.4 Å². The molecule has 2 heterocycles. The molecule has 1 saturated heterocycles. The van der Waals surface area contributed by atoms with Gasteiger partial charge in [0, 0.05) is 71.4 Å². The van der Waals surface area contributed by atoms with Gasteiger partial charge in [-0.1, -0.05) is 93.2 Å². The molecular formula is C89H158N38O17. The first kappa shape index (κ1) is 123. The number of carbonyl (C=O) groups excluding carboxylic acids is 14. The van der Waals surface area contributed by atoms with Crippen molar-refractivity contribution in [3.05, 3.63) is 48.0 Å². The molecule has 1 fully saturated rings. The van der Waals surface area contributed by atoms with Crippen LogP contribution >= 0.6 is 0 Å². The third-order valence-electron chi connectivity index (χ3n) is 24.4. The average molecular weight is 2030 g/mol. The number of benzene rings is 1. The largest absolute Gasteiger partial charge is 0.508 e. The molecule has 55 nitrogen and oxygen atoms in total. The van der Waals surface area contributed by atoms with Crippen LogP contribution in [0.3, 0.4) is 0 Å². The number of amides is 14. The molecule has 0 unspecified atom stereocenters. The number of nitrogens with two attached hydrogens (primary N) is 8. The Balaban J connectivity index is 2.05. The van der Waals surface area contributed by atoms with Crippen LogP contribution in [0.2, 0.25) is 0 Å². The summed E-state index contributed by atoms with van der Waals surface area (Å²) in [6.07, 6.45) is 3.74. The molecule has 2 aromatic rings. The molecule has 14 amide bonds. The number of imidazole rings is 1. The number of rotatable bonds is 68. The number of aliphatic carboxylic acids is 1. The number of carboxylic acid groups (broad SMARTS) is 1. The number of hydrogen-bond donors (Lipinski definition) is 38. The molecule has 3 rings (SSSR count). The summed E-state index contributed by atoms with van der Waals surface area (Å²) in [6, 6.07) is -15.8. The summed E-state index contributed by atoms with van der Waals surface area (Å²) in [7, 11) is 0. The molecule has 55 heteroatoms. The van der Waals surface area contributed by atoms with Gasteiger partial charge in [0.1, 0.15) is 90.3 Å². The van der Waals surface area contributed by atoms with Gasteiger partial charge in [-0.25, -0.2) is 9.78 Å². The molecule has 1 aromatic carbocycles. The number of aromatic hydroxyl groups is 1. The Bertz CT molecular complexity index is 4590. The Morgan fingerprint density at radius 1 is 0.375 bits per heavy atom. The summed E-state index contributed by atoms with van der Waals surface area (Å²) in [5.41, 5.74) is 45.5. The number of likely N-dealkylation sites (tertiary alicyclic amines) is 1. The maximum atomic E-state index is 15.3. The molecule has 1 aromatic heterocycles. The highest BCUT2D eigenvalue weighted by Crippen LogP contribution is 2.24. The summed E-state index contributed by atoms with van der Waals surface area (Å²) < 4.78 is 0. The van der Waals surface area contributed by atoms with Crippen LogP contribution in [-0.4, -0.2) is 298 Å². The van der Waals surface area contributed by atoms with Crippen LogP contribution in [-0.2, 0) is 84.8 Å². The zero-order valence-electron chi connectivity index (χ0n) is 83.7. The maximum Gasteiger partial charge on any atom is 0.326 e. The van der Waals surface area contributed by atoms with Crippen molar-refractivity contribution in [1.29, 1.82) is 37.9 Å². The average Bonchev–Trinajstić information content (AvgIpc) is 1.64. The number of carboxylic acids is 1. The lowest BCUT2D eigenvalue weighted by Crippen LogP contribution is -2.62. The molecule has 806 valence electrons. The number of aromatic amines is 1. The molecule has 1 aliphatic rings. The Morgan fingerprint density at radius 2 is 0.667 bits per heavy atom. The van der Waals surface area contributed by atoms with Crippen LogP contribution in [0, 0.1) is 61.5 Å². The van der Waals surface area contributed by atoms with E-state index in [9.17, 15) is 63.0 Å². The Morgan fingerprint density at radius 3 is 1.03 bits per heavy atom. The van der Waals surface area contributed by atoms with Crippen LogP contribution in [0.1, 0.15) is 202 Å². The van der Waals surface area contributed by atoms with E-state index < -0.39 is 227 Å². The van der Waals surface area contributed by atoms with Crippen LogP contribution in [0.15, 0.2) is 36.8 Å². The van der Waals surface area contributed by atoms with Crippen molar-refractivity contribution < 1.29 is 82.1 Å². The molecular weight excluding hydrogens is 1870 g/mol. The van der Waals surface area contributed by atoms with E-state index in [4.69, 9.17) is 83.7 Å². The predicted molar refractivity (Wildman–Crippen MR) is 537 cm³/mol. The smallest absolute Gasteiger partial charge is 0.326 e. The van der Waals surface area contributed by atoms with Crippen LogP contribution < -0.4 is 152 Å². The normalized spacial score (nSPS) is 15.8. The topological polar surface area (TPSA) is 944 Å². The van der Waals surface area contributed by atoms with E-state index >= 15 is 19.2 Å². The Labute approximate surface area is 837 Å². The van der Waals surface area contributed by atoms with Crippen LogP contribution in [0.25, 0.3) is 0 Å². The fourth-order valence-electron chi connectivity index (χ4n) is 15.2. The first-order valence-corrected chi connectivity index (χ1v) is 48.6. The lowest BCUT2D eigenvalue weighted by atomic mass is 9.96. The highest BCUT2D eigenvalue weighted by atomic mass is 16.4. The van der Waals surface area contributed by atoms with Gasteiger partial charge in [-0.2, -0.15) is 0 Å². The highest BCUT2D eigenvalue weighted by molar-refractivity contribution is 6.01. The number of carbonyl (C=O) groups is 15. The number of phenols is 1. The van der Waals surface area contributed by atoms with Gasteiger partial charge < -0.3 is 172 Å². The first-order chi connectivity index (χ1) is 68.1. The van der Waals surface area contributed by atoms with E-state index in [0.717, 1.165) is 0 Å². The zero-order chi connectivity index (χ0) is 108. The van der Waals surface area contributed by atoms with E-state index in [0.29, 0.717) is 18.4 Å². The van der Waals surface area contributed by atoms with E-state index in [1.807, 2.05) is 0 Å². The molecule has 0 radical (unpaired) electrons. The number of nitrogens with one attached hydrogen (secondary N) is 28.